The van der Waals surface area contributed by atoms with Crippen LogP contribution in [0.3, 0.4) is 0 Å². The van der Waals surface area contributed by atoms with Gasteiger partial charge in [0.05, 0.1) is 18.3 Å². The van der Waals surface area contributed by atoms with Crippen molar-refractivity contribution in [3.8, 4) is 0 Å². The standard InChI is InChI=1S/C19H29BrO2/c1-19(2,3)18(21)13-17-12-15(20)11-16(22-17)10-9-14-7-5-4-6-8-14/h4-8,15-18,21H,9-13H2,1-3H3/t15-,16+,17+,18?/m1/s1. The first-order valence-electron chi connectivity index (χ1n) is 8.36. The Bertz CT molecular complexity index is 440. The molecule has 22 heavy (non-hydrogen) atoms. The highest BCUT2D eigenvalue weighted by atomic mass is 79.9. The number of ether oxygens (including phenoxy) is 1. The third-order valence-electron chi connectivity index (χ3n) is 4.51. The number of benzene rings is 1. The van der Waals surface area contributed by atoms with Gasteiger partial charge in [-0.05, 0) is 36.7 Å². The lowest BCUT2D eigenvalue weighted by atomic mass is 9.84. The molecule has 2 nitrogen and oxygen atoms in total. The molecular weight excluding hydrogens is 340 g/mol. The molecule has 0 bridgehead atoms. The highest BCUT2D eigenvalue weighted by Crippen LogP contribution is 2.32. The maximum atomic E-state index is 10.3. The van der Waals surface area contributed by atoms with E-state index >= 15 is 0 Å². The lowest BCUT2D eigenvalue weighted by Crippen LogP contribution is -2.38. The second kappa shape index (κ2) is 7.94. The van der Waals surface area contributed by atoms with Gasteiger partial charge < -0.3 is 9.84 Å². The fraction of sp³-hybridized carbons (Fsp3) is 0.684. The Labute approximate surface area is 143 Å². The fourth-order valence-corrected chi connectivity index (χ4v) is 3.80. The number of rotatable bonds is 5. The minimum absolute atomic E-state index is 0.0812. The summed E-state index contributed by atoms with van der Waals surface area (Å²) in [6, 6.07) is 10.6. The van der Waals surface area contributed by atoms with Crippen LogP contribution in [0, 0.1) is 5.41 Å². The Kier molecular flexibility index (Phi) is 6.48. The van der Waals surface area contributed by atoms with Gasteiger partial charge in [-0.3, -0.25) is 0 Å². The molecule has 1 heterocycles. The lowest BCUT2D eigenvalue weighted by molar-refractivity contribution is -0.0813. The average Bonchev–Trinajstić information content (AvgIpc) is 2.44. The van der Waals surface area contributed by atoms with Crippen molar-refractivity contribution in [3.63, 3.8) is 0 Å². The molecule has 0 aromatic heterocycles. The highest BCUT2D eigenvalue weighted by Gasteiger charge is 2.32. The molecule has 1 fully saturated rings. The predicted octanol–water partition coefficient (Wildman–Crippen LogP) is 4.73. The van der Waals surface area contributed by atoms with E-state index in [2.05, 4.69) is 67.0 Å². The van der Waals surface area contributed by atoms with Crippen molar-refractivity contribution in [3.05, 3.63) is 35.9 Å². The van der Waals surface area contributed by atoms with Gasteiger partial charge in [0.1, 0.15) is 0 Å². The van der Waals surface area contributed by atoms with Gasteiger partial charge in [-0.25, -0.2) is 0 Å². The summed E-state index contributed by atoms with van der Waals surface area (Å²) in [5.41, 5.74) is 1.29. The van der Waals surface area contributed by atoms with Crippen LogP contribution in [0.1, 0.15) is 52.0 Å². The van der Waals surface area contributed by atoms with E-state index in [0.717, 1.165) is 32.1 Å². The van der Waals surface area contributed by atoms with Gasteiger partial charge >= 0.3 is 0 Å². The third kappa shape index (κ3) is 5.68. The second-order valence-corrected chi connectivity index (χ2v) is 8.89. The molecule has 0 spiro atoms. The van der Waals surface area contributed by atoms with Crippen LogP contribution >= 0.6 is 15.9 Å². The zero-order chi connectivity index (χ0) is 16.2. The van der Waals surface area contributed by atoms with Crippen molar-refractivity contribution in [1.82, 2.24) is 0 Å². The molecule has 0 aliphatic carbocycles. The topological polar surface area (TPSA) is 29.5 Å². The molecule has 3 heteroatoms. The minimum atomic E-state index is -0.315. The highest BCUT2D eigenvalue weighted by molar-refractivity contribution is 9.09. The van der Waals surface area contributed by atoms with Crippen molar-refractivity contribution >= 4 is 15.9 Å². The van der Waals surface area contributed by atoms with Crippen LogP contribution in [0.2, 0.25) is 0 Å². The molecule has 4 atom stereocenters. The molecular formula is C19H29BrO2. The summed E-state index contributed by atoms with van der Waals surface area (Å²) in [6.45, 7) is 6.25. The zero-order valence-corrected chi connectivity index (χ0v) is 15.6. The van der Waals surface area contributed by atoms with Crippen LogP contribution < -0.4 is 0 Å². The minimum Gasteiger partial charge on any atom is -0.392 e. The van der Waals surface area contributed by atoms with Gasteiger partial charge in [-0.1, -0.05) is 67.0 Å². The fourth-order valence-electron chi connectivity index (χ4n) is 2.96. The maximum absolute atomic E-state index is 10.3. The number of aliphatic hydroxyl groups is 1. The normalized spacial score (nSPS) is 27.6. The van der Waals surface area contributed by atoms with E-state index in [9.17, 15) is 5.11 Å². The molecule has 0 saturated carbocycles. The molecule has 0 radical (unpaired) electrons. The molecule has 124 valence electrons. The first-order chi connectivity index (χ1) is 10.3. The molecule has 2 rings (SSSR count). The second-order valence-electron chi connectivity index (χ2n) is 7.59. The number of aryl methyl sites for hydroxylation is 1. The molecule has 1 aromatic rings. The molecule has 1 unspecified atom stereocenters. The predicted molar refractivity (Wildman–Crippen MR) is 95.5 cm³/mol. The number of alkyl halides is 1. The van der Waals surface area contributed by atoms with Crippen LogP contribution in [0.25, 0.3) is 0 Å². The summed E-state index contributed by atoms with van der Waals surface area (Å²) < 4.78 is 6.25. The van der Waals surface area contributed by atoms with E-state index in [-0.39, 0.29) is 23.7 Å². The zero-order valence-electron chi connectivity index (χ0n) is 14.0. The Morgan fingerprint density at radius 1 is 1.18 bits per heavy atom. The van der Waals surface area contributed by atoms with Crippen LogP contribution in [-0.4, -0.2) is 28.2 Å². The number of hydrogen-bond donors (Lipinski definition) is 1. The summed E-state index contributed by atoms with van der Waals surface area (Å²) in [7, 11) is 0. The molecule has 1 saturated heterocycles. The smallest absolute Gasteiger partial charge is 0.0614 e. The number of aliphatic hydroxyl groups excluding tert-OH is 1. The van der Waals surface area contributed by atoms with Crippen LogP contribution in [0.15, 0.2) is 30.3 Å². The summed E-state index contributed by atoms with van der Waals surface area (Å²) in [4.78, 5) is 0.499. The maximum Gasteiger partial charge on any atom is 0.0614 e. The van der Waals surface area contributed by atoms with Gasteiger partial charge in [0.15, 0.2) is 0 Å². The van der Waals surface area contributed by atoms with E-state index in [0.29, 0.717) is 4.83 Å². The Morgan fingerprint density at radius 2 is 1.82 bits per heavy atom. The molecule has 1 aromatic carbocycles. The molecule has 1 aliphatic heterocycles. The molecule has 0 amide bonds. The van der Waals surface area contributed by atoms with E-state index in [1.54, 1.807) is 0 Å². The Hall–Kier alpha value is -0.380. The number of hydrogen-bond acceptors (Lipinski definition) is 2. The van der Waals surface area contributed by atoms with Crippen LogP contribution in [0.5, 0.6) is 0 Å². The lowest BCUT2D eigenvalue weighted by Gasteiger charge is -2.36. The van der Waals surface area contributed by atoms with Crippen molar-refractivity contribution in [2.24, 2.45) is 5.41 Å². The van der Waals surface area contributed by atoms with E-state index < -0.39 is 0 Å². The van der Waals surface area contributed by atoms with Crippen molar-refractivity contribution < 1.29 is 9.84 Å². The largest absolute Gasteiger partial charge is 0.392 e. The van der Waals surface area contributed by atoms with E-state index in [4.69, 9.17) is 4.74 Å². The summed E-state index contributed by atoms with van der Waals surface area (Å²) in [6.07, 6.45) is 5.03. The average molecular weight is 369 g/mol. The van der Waals surface area contributed by atoms with Gasteiger partial charge in [0.25, 0.3) is 0 Å². The van der Waals surface area contributed by atoms with Crippen LogP contribution in [-0.2, 0) is 11.2 Å². The van der Waals surface area contributed by atoms with Crippen molar-refractivity contribution in [2.75, 3.05) is 0 Å². The van der Waals surface area contributed by atoms with E-state index in [1.165, 1.54) is 5.56 Å². The van der Waals surface area contributed by atoms with Gasteiger partial charge in [0.2, 0.25) is 0 Å². The van der Waals surface area contributed by atoms with Crippen molar-refractivity contribution in [2.45, 2.75) is 76.0 Å². The van der Waals surface area contributed by atoms with Gasteiger partial charge in [-0.2, -0.15) is 0 Å². The Balaban J connectivity index is 1.85. The first-order valence-corrected chi connectivity index (χ1v) is 9.27. The monoisotopic (exact) mass is 368 g/mol. The SMILES string of the molecule is CC(C)(C)C(O)C[C@@H]1C[C@H](Br)C[C@H](CCc2ccccc2)O1. The molecule has 1 N–H and O–H groups in total. The summed E-state index contributed by atoms with van der Waals surface area (Å²) in [5, 5.41) is 10.3. The van der Waals surface area contributed by atoms with E-state index in [1.807, 2.05) is 0 Å². The Morgan fingerprint density at radius 3 is 2.45 bits per heavy atom. The number of halogens is 1. The quantitative estimate of drug-likeness (QED) is 0.761. The van der Waals surface area contributed by atoms with Gasteiger partial charge in [-0.15, -0.1) is 0 Å². The summed E-state index contributed by atoms with van der Waals surface area (Å²) >= 11 is 3.77. The molecule has 1 aliphatic rings. The van der Waals surface area contributed by atoms with Crippen molar-refractivity contribution in [1.29, 1.82) is 0 Å². The summed E-state index contributed by atoms with van der Waals surface area (Å²) in [5.74, 6) is 0. The first kappa shape index (κ1) is 18.0. The third-order valence-corrected chi connectivity index (χ3v) is 5.25. The van der Waals surface area contributed by atoms with Crippen LogP contribution in [0.4, 0.5) is 0 Å². The van der Waals surface area contributed by atoms with Gasteiger partial charge in [0, 0.05) is 11.2 Å².